The third-order valence-electron chi connectivity index (χ3n) is 5.05. The van der Waals surface area contributed by atoms with Crippen molar-refractivity contribution in [2.45, 2.75) is 19.5 Å². The Morgan fingerprint density at radius 2 is 1.93 bits per heavy atom. The van der Waals surface area contributed by atoms with E-state index in [1.807, 2.05) is 28.7 Å². The molecule has 0 saturated carbocycles. The maximum absolute atomic E-state index is 12.7. The van der Waals surface area contributed by atoms with Gasteiger partial charge in [0, 0.05) is 45.1 Å². The molecule has 1 amide bonds. The lowest BCUT2D eigenvalue weighted by Gasteiger charge is -2.22. The molecule has 3 aromatic rings. The molecule has 1 saturated heterocycles. The van der Waals surface area contributed by atoms with E-state index >= 15 is 0 Å². The fraction of sp³-hybridized carbons (Fsp3) is 0.333. The molecule has 7 heteroatoms. The van der Waals surface area contributed by atoms with Crippen LogP contribution < -0.4 is 0 Å². The molecule has 1 aliphatic heterocycles. The highest BCUT2D eigenvalue weighted by Gasteiger charge is 2.23. The molecule has 5 nitrogen and oxygen atoms in total. The minimum atomic E-state index is 0.0485. The summed E-state index contributed by atoms with van der Waals surface area (Å²) in [6.45, 7) is 4.90. The molecule has 2 aromatic heterocycles. The van der Waals surface area contributed by atoms with Gasteiger partial charge in [0.25, 0.3) is 5.91 Å². The van der Waals surface area contributed by atoms with Gasteiger partial charge < -0.3 is 9.47 Å². The molecule has 146 valence electrons. The number of amides is 1. The Labute approximate surface area is 174 Å². The van der Waals surface area contributed by atoms with Gasteiger partial charge in [-0.1, -0.05) is 41.9 Å². The number of halogens is 1. The van der Waals surface area contributed by atoms with Crippen LogP contribution >= 0.6 is 22.9 Å². The van der Waals surface area contributed by atoms with Crippen LogP contribution in [-0.2, 0) is 13.1 Å². The standard InChI is InChI=1S/C21H23ClN4OS/c22-18-7-14-28-20(18)21(27)25-10-4-9-24(12-13-25)16-19-23-8-11-26(19)15-17-5-2-1-3-6-17/h1-3,5-8,11,14H,4,9-10,12-13,15-16H2. The highest BCUT2D eigenvalue weighted by molar-refractivity contribution is 7.12. The minimum absolute atomic E-state index is 0.0485. The molecule has 1 aromatic carbocycles. The molecule has 0 spiro atoms. The second kappa shape index (κ2) is 8.90. The van der Waals surface area contributed by atoms with Crippen molar-refractivity contribution in [3.63, 3.8) is 0 Å². The summed E-state index contributed by atoms with van der Waals surface area (Å²) in [5.74, 6) is 1.11. The quantitative estimate of drug-likeness (QED) is 0.633. The van der Waals surface area contributed by atoms with Crippen LogP contribution in [0.2, 0.25) is 5.02 Å². The second-order valence-corrected chi connectivity index (χ2v) is 8.30. The number of aromatic nitrogens is 2. The average molecular weight is 415 g/mol. The Hall–Kier alpha value is -2.15. The number of nitrogens with zero attached hydrogens (tertiary/aromatic N) is 4. The molecule has 0 atom stereocenters. The predicted octanol–water partition coefficient (Wildman–Crippen LogP) is 3.99. The van der Waals surface area contributed by atoms with Crippen LogP contribution in [0.25, 0.3) is 0 Å². The molecule has 1 fully saturated rings. The highest BCUT2D eigenvalue weighted by Crippen LogP contribution is 2.24. The SMILES string of the molecule is O=C(c1sccc1Cl)N1CCCN(Cc2nccn2Cc2ccccc2)CC1. The molecule has 4 rings (SSSR count). The number of rotatable bonds is 5. The first-order valence-electron chi connectivity index (χ1n) is 9.49. The summed E-state index contributed by atoms with van der Waals surface area (Å²) in [6, 6.07) is 12.2. The lowest BCUT2D eigenvalue weighted by Crippen LogP contribution is -2.35. The lowest BCUT2D eigenvalue weighted by molar-refractivity contribution is 0.0766. The maximum Gasteiger partial charge on any atom is 0.265 e. The van der Waals surface area contributed by atoms with Gasteiger partial charge in [0.1, 0.15) is 10.7 Å². The molecule has 28 heavy (non-hydrogen) atoms. The number of hydrogen-bond donors (Lipinski definition) is 0. The molecule has 0 radical (unpaired) electrons. The first-order chi connectivity index (χ1) is 13.7. The third-order valence-corrected chi connectivity index (χ3v) is 6.38. The van der Waals surface area contributed by atoms with E-state index in [1.165, 1.54) is 16.9 Å². The summed E-state index contributed by atoms with van der Waals surface area (Å²) in [4.78, 5) is 22.3. The van der Waals surface area contributed by atoms with E-state index in [9.17, 15) is 4.79 Å². The van der Waals surface area contributed by atoms with Crippen LogP contribution in [0.5, 0.6) is 0 Å². The topological polar surface area (TPSA) is 41.4 Å². The smallest absolute Gasteiger partial charge is 0.265 e. The van der Waals surface area contributed by atoms with Gasteiger partial charge in [-0.2, -0.15) is 0 Å². The van der Waals surface area contributed by atoms with E-state index in [0.717, 1.165) is 45.0 Å². The molecule has 0 bridgehead atoms. The second-order valence-electron chi connectivity index (χ2n) is 6.98. The van der Waals surface area contributed by atoms with Crippen LogP contribution in [0, 0.1) is 0 Å². The van der Waals surface area contributed by atoms with Gasteiger partial charge >= 0.3 is 0 Å². The summed E-state index contributed by atoms with van der Waals surface area (Å²) >= 11 is 7.56. The first kappa shape index (κ1) is 19.2. The van der Waals surface area contributed by atoms with Crippen molar-refractivity contribution in [1.82, 2.24) is 19.4 Å². The van der Waals surface area contributed by atoms with Gasteiger partial charge in [-0.25, -0.2) is 4.98 Å². The fourth-order valence-electron chi connectivity index (χ4n) is 3.54. The van der Waals surface area contributed by atoms with E-state index in [2.05, 4.69) is 38.7 Å². The highest BCUT2D eigenvalue weighted by atomic mass is 35.5. The number of carbonyl (C=O) groups is 1. The fourth-order valence-corrected chi connectivity index (χ4v) is 4.64. The van der Waals surface area contributed by atoms with Gasteiger partial charge in [0.05, 0.1) is 11.6 Å². The van der Waals surface area contributed by atoms with Gasteiger partial charge in [0.2, 0.25) is 0 Å². The van der Waals surface area contributed by atoms with Crippen LogP contribution in [0.15, 0.2) is 54.2 Å². The maximum atomic E-state index is 12.7. The van der Waals surface area contributed by atoms with Crippen molar-refractivity contribution in [2.24, 2.45) is 0 Å². The Kier molecular flexibility index (Phi) is 6.10. The van der Waals surface area contributed by atoms with Gasteiger partial charge in [-0.3, -0.25) is 9.69 Å². The summed E-state index contributed by atoms with van der Waals surface area (Å²) in [5, 5.41) is 2.42. The molecule has 0 unspecified atom stereocenters. The van der Waals surface area contributed by atoms with Crippen LogP contribution in [0.4, 0.5) is 0 Å². The number of benzene rings is 1. The predicted molar refractivity (Wildman–Crippen MR) is 113 cm³/mol. The van der Waals surface area contributed by atoms with Crippen molar-refractivity contribution in [3.8, 4) is 0 Å². The van der Waals surface area contributed by atoms with Crippen LogP contribution in [0.1, 0.15) is 27.5 Å². The number of hydrogen-bond acceptors (Lipinski definition) is 4. The van der Waals surface area contributed by atoms with E-state index in [4.69, 9.17) is 11.6 Å². The van der Waals surface area contributed by atoms with Crippen molar-refractivity contribution in [2.75, 3.05) is 26.2 Å². The largest absolute Gasteiger partial charge is 0.337 e. The van der Waals surface area contributed by atoms with Crippen molar-refractivity contribution in [3.05, 3.63) is 75.5 Å². The van der Waals surface area contributed by atoms with E-state index in [0.29, 0.717) is 16.4 Å². The zero-order chi connectivity index (χ0) is 19.3. The van der Waals surface area contributed by atoms with Gasteiger partial charge in [-0.05, 0) is 23.4 Å². The number of carbonyl (C=O) groups excluding carboxylic acids is 1. The Bertz CT molecular complexity index is 923. The van der Waals surface area contributed by atoms with Gasteiger partial charge in [-0.15, -0.1) is 11.3 Å². The van der Waals surface area contributed by atoms with Gasteiger partial charge in [0.15, 0.2) is 0 Å². The van der Waals surface area contributed by atoms with E-state index in [-0.39, 0.29) is 5.91 Å². The molecule has 3 heterocycles. The normalized spacial score (nSPS) is 15.5. The summed E-state index contributed by atoms with van der Waals surface area (Å²) in [6.07, 6.45) is 4.85. The molecular formula is C21H23ClN4OS. The summed E-state index contributed by atoms with van der Waals surface area (Å²) in [5.41, 5.74) is 1.27. The van der Waals surface area contributed by atoms with Crippen LogP contribution in [0.3, 0.4) is 0 Å². The van der Waals surface area contributed by atoms with E-state index in [1.54, 1.807) is 6.07 Å². The molecule has 0 aliphatic carbocycles. The number of imidazole rings is 1. The van der Waals surface area contributed by atoms with Crippen molar-refractivity contribution < 1.29 is 4.79 Å². The number of thiophene rings is 1. The Morgan fingerprint density at radius 1 is 1.07 bits per heavy atom. The summed E-state index contributed by atoms with van der Waals surface area (Å²) < 4.78 is 2.20. The minimum Gasteiger partial charge on any atom is -0.337 e. The van der Waals surface area contributed by atoms with Crippen molar-refractivity contribution >= 4 is 28.8 Å². The molecule has 1 aliphatic rings. The zero-order valence-electron chi connectivity index (χ0n) is 15.6. The Balaban J connectivity index is 1.38. The molecule has 0 N–H and O–H groups in total. The zero-order valence-corrected chi connectivity index (χ0v) is 17.2. The Morgan fingerprint density at radius 3 is 2.71 bits per heavy atom. The first-order valence-corrected chi connectivity index (χ1v) is 10.7. The molecular weight excluding hydrogens is 392 g/mol. The lowest BCUT2D eigenvalue weighted by atomic mass is 10.2. The van der Waals surface area contributed by atoms with E-state index < -0.39 is 0 Å². The average Bonchev–Trinajstić information content (AvgIpc) is 3.25. The third kappa shape index (κ3) is 4.46. The van der Waals surface area contributed by atoms with Crippen molar-refractivity contribution in [1.29, 1.82) is 0 Å². The summed E-state index contributed by atoms with van der Waals surface area (Å²) in [7, 11) is 0. The monoisotopic (exact) mass is 414 g/mol. The van der Waals surface area contributed by atoms with Crippen LogP contribution in [-0.4, -0.2) is 51.4 Å².